The molecule has 3 heterocycles. The Balaban J connectivity index is 1.46. The number of carbonyl (C=O) groups excluding carboxylic acids is 3. The summed E-state index contributed by atoms with van der Waals surface area (Å²) in [4.78, 5) is 42.5. The minimum Gasteiger partial charge on any atom is -0.349 e. The molecule has 1 aliphatic rings. The summed E-state index contributed by atoms with van der Waals surface area (Å²) in [6.45, 7) is 1.35. The van der Waals surface area contributed by atoms with Crippen LogP contribution in [0.15, 0.2) is 48.8 Å². The lowest BCUT2D eigenvalue weighted by molar-refractivity contribution is -0.137. The van der Waals surface area contributed by atoms with Gasteiger partial charge in [-0.1, -0.05) is 12.1 Å². The molecule has 10 heteroatoms. The van der Waals surface area contributed by atoms with Crippen molar-refractivity contribution in [1.82, 2.24) is 19.6 Å². The predicted octanol–water partition coefficient (Wildman–Crippen LogP) is 2.65. The molecule has 154 valence electrons. The van der Waals surface area contributed by atoms with Crippen LogP contribution in [-0.2, 0) is 17.5 Å². The molecule has 1 aromatic carbocycles. The van der Waals surface area contributed by atoms with Crippen molar-refractivity contribution in [2.45, 2.75) is 25.7 Å². The number of hydrogen-bond donors (Lipinski definition) is 1. The Hall–Kier alpha value is -3.69. The molecular weight excluding hydrogens is 401 g/mol. The van der Waals surface area contributed by atoms with Crippen LogP contribution in [0.5, 0.6) is 0 Å². The van der Waals surface area contributed by atoms with Gasteiger partial charge in [-0.3, -0.25) is 19.3 Å². The summed E-state index contributed by atoms with van der Waals surface area (Å²) < 4.78 is 39.7. The van der Waals surface area contributed by atoms with Crippen LogP contribution in [0.25, 0.3) is 5.65 Å². The van der Waals surface area contributed by atoms with Crippen molar-refractivity contribution in [1.29, 1.82) is 0 Å². The zero-order valence-electron chi connectivity index (χ0n) is 15.6. The number of nitrogens with zero attached hydrogens (tertiary/aromatic N) is 3. The van der Waals surface area contributed by atoms with E-state index in [9.17, 15) is 27.6 Å². The Kier molecular flexibility index (Phi) is 4.56. The first-order chi connectivity index (χ1) is 14.2. The van der Waals surface area contributed by atoms with E-state index in [1.54, 1.807) is 12.1 Å². The van der Waals surface area contributed by atoms with Crippen molar-refractivity contribution in [3.63, 3.8) is 0 Å². The molecule has 0 radical (unpaired) electrons. The molecule has 0 fully saturated rings. The first-order valence-corrected chi connectivity index (χ1v) is 8.96. The van der Waals surface area contributed by atoms with Crippen molar-refractivity contribution in [3.8, 4) is 0 Å². The average Bonchev–Trinajstić information content (AvgIpc) is 3.23. The van der Waals surface area contributed by atoms with Crippen LogP contribution in [0, 0.1) is 0 Å². The number of hydrogen-bond acceptors (Lipinski definition) is 4. The van der Waals surface area contributed by atoms with Crippen molar-refractivity contribution in [2.75, 3.05) is 0 Å². The van der Waals surface area contributed by atoms with Crippen LogP contribution < -0.4 is 5.32 Å². The average molecular weight is 416 g/mol. The summed E-state index contributed by atoms with van der Waals surface area (Å²) in [6, 6.07) is 7.40. The van der Waals surface area contributed by atoms with E-state index in [1.807, 2.05) is 0 Å². The molecular formula is C20H15F3N4O3. The van der Waals surface area contributed by atoms with Crippen LogP contribution >= 0.6 is 0 Å². The molecule has 0 saturated carbocycles. The van der Waals surface area contributed by atoms with Gasteiger partial charge in [0.1, 0.15) is 11.7 Å². The summed E-state index contributed by atoms with van der Waals surface area (Å²) in [6.07, 6.45) is -2.19. The smallest absolute Gasteiger partial charge is 0.349 e. The number of rotatable bonds is 4. The molecule has 0 aliphatic carbocycles. The molecule has 30 heavy (non-hydrogen) atoms. The molecule has 0 spiro atoms. The number of aromatic nitrogens is 2. The molecule has 7 nitrogen and oxygen atoms in total. The summed E-state index contributed by atoms with van der Waals surface area (Å²) in [5, 5.41) is 2.57. The van der Waals surface area contributed by atoms with E-state index in [4.69, 9.17) is 0 Å². The van der Waals surface area contributed by atoms with Crippen molar-refractivity contribution in [3.05, 3.63) is 71.2 Å². The lowest BCUT2D eigenvalue weighted by Crippen LogP contribution is -2.47. The fourth-order valence-corrected chi connectivity index (χ4v) is 3.30. The number of nitrogens with one attached hydrogen (secondary N) is 1. The monoisotopic (exact) mass is 416 g/mol. The lowest BCUT2D eigenvalue weighted by Gasteiger charge is -2.21. The SMILES string of the molecule is CC(C(=O)NCc1cn2cc(C(F)(F)F)ccc2n1)N1C(=O)c2ccccc2C1=O. The van der Waals surface area contributed by atoms with Gasteiger partial charge in [0.25, 0.3) is 11.8 Å². The van der Waals surface area contributed by atoms with Crippen molar-refractivity contribution in [2.24, 2.45) is 0 Å². The molecule has 4 rings (SSSR count). The maximum atomic E-state index is 12.8. The van der Waals surface area contributed by atoms with Gasteiger partial charge in [0, 0.05) is 12.4 Å². The topological polar surface area (TPSA) is 83.8 Å². The normalized spacial score (nSPS) is 14.9. The van der Waals surface area contributed by atoms with E-state index in [-0.39, 0.29) is 17.7 Å². The van der Waals surface area contributed by atoms with Gasteiger partial charge < -0.3 is 9.72 Å². The molecule has 0 saturated heterocycles. The van der Waals surface area contributed by atoms with E-state index in [2.05, 4.69) is 10.3 Å². The fraction of sp³-hybridized carbons (Fsp3) is 0.200. The van der Waals surface area contributed by atoms with Crippen molar-refractivity contribution >= 4 is 23.4 Å². The highest BCUT2D eigenvalue weighted by Crippen LogP contribution is 2.29. The number of imidazole rings is 1. The van der Waals surface area contributed by atoms with Crippen LogP contribution in [0.2, 0.25) is 0 Å². The second-order valence-electron chi connectivity index (χ2n) is 6.83. The second kappa shape index (κ2) is 6.97. The van der Waals surface area contributed by atoms with E-state index >= 15 is 0 Å². The zero-order valence-corrected chi connectivity index (χ0v) is 15.6. The molecule has 1 aliphatic heterocycles. The van der Waals surface area contributed by atoms with Gasteiger partial charge >= 0.3 is 6.18 Å². The quantitative estimate of drug-likeness (QED) is 0.663. The van der Waals surface area contributed by atoms with E-state index in [1.165, 1.54) is 35.7 Å². The minimum atomic E-state index is -4.48. The van der Waals surface area contributed by atoms with Gasteiger partial charge in [-0.25, -0.2) is 4.98 Å². The number of carbonyl (C=O) groups is 3. The molecule has 3 amide bonds. The molecule has 1 atom stereocenters. The third kappa shape index (κ3) is 3.30. The molecule has 2 aromatic heterocycles. The first kappa shape index (κ1) is 19.6. The van der Waals surface area contributed by atoms with Crippen molar-refractivity contribution < 1.29 is 27.6 Å². The molecule has 1 unspecified atom stereocenters. The van der Waals surface area contributed by atoms with Gasteiger partial charge in [-0.15, -0.1) is 0 Å². The Morgan fingerprint density at radius 1 is 1.07 bits per heavy atom. The Morgan fingerprint density at radius 2 is 1.70 bits per heavy atom. The summed E-state index contributed by atoms with van der Waals surface area (Å²) in [7, 11) is 0. The largest absolute Gasteiger partial charge is 0.417 e. The first-order valence-electron chi connectivity index (χ1n) is 8.96. The zero-order chi connectivity index (χ0) is 21.6. The minimum absolute atomic E-state index is 0.0740. The predicted molar refractivity (Wildman–Crippen MR) is 98.4 cm³/mol. The lowest BCUT2D eigenvalue weighted by atomic mass is 10.1. The number of halogens is 3. The third-order valence-corrected chi connectivity index (χ3v) is 4.86. The highest BCUT2D eigenvalue weighted by Gasteiger charge is 2.40. The van der Waals surface area contributed by atoms with Crippen LogP contribution in [0.1, 0.15) is 38.9 Å². The molecule has 3 aromatic rings. The van der Waals surface area contributed by atoms with Crippen LogP contribution in [0.4, 0.5) is 13.2 Å². The van der Waals surface area contributed by atoms with E-state index in [0.717, 1.165) is 17.2 Å². The maximum absolute atomic E-state index is 12.8. The Morgan fingerprint density at radius 3 is 2.30 bits per heavy atom. The van der Waals surface area contributed by atoms with E-state index in [0.29, 0.717) is 11.3 Å². The fourth-order valence-electron chi connectivity index (χ4n) is 3.30. The standard InChI is InChI=1S/C20H15F3N4O3/c1-11(27-18(29)14-4-2-3-5-15(14)19(27)30)17(28)24-8-13-10-26-9-12(20(21,22)23)6-7-16(26)25-13/h2-7,9-11H,8H2,1H3,(H,24,28). The number of benzene rings is 1. The van der Waals surface area contributed by atoms with Gasteiger partial charge in [0.05, 0.1) is 28.9 Å². The third-order valence-electron chi connectivity index (χ3n) is 4.86. The summed E-state index contributed by atoms with van der Waals surface area (Å²) in [5.41, 5.74) is 0.283. The highest BCUT2D eigenvalue weighted by molar-refractivity contribution is 6.22. The van der Waals surface area contributed by atoms with Gasteiger partial charge in [-0.2, -0.15) is 13.2 Å². The van der Waals surface area contributed by atoms with Crippen LogP contribution in [0.3, 0.4) is 0 Å². The summed E-state index contributed by atoms with van der Waals surface area (Å²) >= 11 is 0. The van der Waals surface area contributed by atoms with Gasteiger partial charge in [0.2, 0.25) is 5.91 Å². The van der Waals surface area contributed by atoms with Gasteiger partial charge in [-0.05, 0) is 31.2 Å². The van der Waals surface area contributed by atoms with E-state index < -0.39 is 35.5 Å². The maximum Gasteiger partial charge on any atom is 0.417 e. The number of imide groups is 1. The Bertz CT molecular complexity index is 1150. The highest BCUT2D eigenvalue weighted by atomic mass is 19.4. The summed E-state index contributed by atoms with van der Waals surface area (Å²) in [5.74, 6) is -1.69. The molecule has 1 N–H and O–H groups in total. The van der Waals surface area contributed by atoms with Gasteiger partial charge in [0.15, 0.2) is 0 Å². The number of amides is 3. The Labute approximate surface area is 168 Å². The molecule has 0 bridgehead atoms. The van der Waals surface area contributed by atoms with Crippen LogP contribution in [-0.4, -0.2) is 38.0 Å². The number of fused-ring (bicyclic) bond motifs is 2. The second-order valence-corrected chi connectivity index (χ2v) is 6.83. The number of pyridine rings is 1. The number of alkyl halides is 3.